The molecule has 0 saturated carbocycles. The summed E-state index contributed by atoms with van der Waals surface area (Å²) >= 11 is 0. The molecule has 0 unspecified atom stereocenters. The van der Waals surface area contributed by atoms with Gasteiger partial charge in [-0.25, -0.2) is 4.39 Å². The number of rotatable bonds is 5. The summed E-state index contributed by atoms with van der Waals surface area (Å²) in [5.74, 6) is -0.486. The number of ether oxygens (including phenoxy) is 2. The van der Waals surface area contributed by atoms with Crippen LogP contribution in [0, 0.1) is 5.82 Å². The number of halogens is 1. The van der Waals surface area contributed by atoms with Crippen LogP contribution in [0.5, 0.6) is 11.5 Å². The normalized spacial score (nSPS) is 10.0. The molecule has 0 aliphatic carbocycles. The summed E-state index contributed by atoms with van der Waals surface area (Å²) in [5.41, 5.74) is 0.851. The highest BCUT2D eigenvalue weighted by Gasteiger charge is 2.15. The maximum absolute atomic E-state index is 14.0. The average molecular weight is 260 g/mol. The fourth-order valence-electron chi connectivity index (χ4n) is 1.67. The summed E-state index contributed by atoms with van der Waals surface area (Å²) in [6.07, 6.45) is 0.449. The minimum Gasteiger partial charge on any atom is -0.493 e. The summed E-state index contributed by atoms with van der Waals surface area (Å²) in [4.78, 5) is 10.7. The van der Waals surface area contributed by atoms with Crippen LogP contribution < -0.4 is 9.47 Å². The second kappa shape index (κ2) is 6.00. The zero-order valence-corrected chi connectivity index (χ0v) is 10.4. The monoisotopic (exact) mass is 260 g/mol. The van der Waals surface area contributed by atoms with Crippen LogP contribution in [-0.2, 0) is 6.61 Å². The molecular weight excluding hydrogens is 247 g/mol. The van der Waals surface area contributed by atoms with Crippen molar-refractivity contribution in [2.45, 2.75) is 6.61 Å². The average Bonchev–Trinajstić information content (AvgIpc) is 2.46. The highest BCUT2D eigenvalue weighted by atomic mass is 19.1. The van der Waals surface area contributed by atoms with Crippen molar-refractivity contribution in [2.24, 2.45) is 0 Å². The van der Waals surface area contributed by atoms with Crippen LogP contribution in [-0.4, -0.2) is 13.4 Å². The number of carbonyl (C=O) groups is 1. The van der Waals surface area contributed by atoms with Gasteiger partial charge in [0, 0.05) is 0 Å². The second-order valence-corrected chi connectivity index (χ2v) is 3.89. The Kier molecular flexibility index (Phi) is 4.13. The first-order valence-electron chi connectivity index (χ1n) is 5.74. The number of hydrogen-bond acceptors (Lipinski definition) is 3. The van der Waals surface area contributed by atoms with E-state index in [1.165, 1.54) is 19.2 Å². The van der Waals surface area contributed by atoms with Gasteiger partial charge < -0.3 is 9.47 Å². The first-order chi connectivity index (χ1) is 9.26. The largest absolute Gasteiger partial charge is 0.493 e. The molecule has 0 saturated heterocycles. The molecule has 0 aliphatic heterocycles. The number of hydrogen-bond donors (Lipinski definition) is 0. The molecule has 0 heterocycles. The number of aldehydes is 1. The van der Waals surface area contributed by atoms with E-state index < -0.39 is 5.82 Å². The van der Waals surface area contributed by atoms with Crippen molar-refractivity contribution in [2.75, 3.05) is 7.11 Å². The molecule has 0 aliphatic rings. The standard InChI is InChI=1S/C15H13FO3/c1-18-13-8-7-12(9-17)14(16)15(13)19-10-11-5-3-2-4-6-11/h2-9H,10H2,1H3. The fourth-order valence-corrected chi connectivity index (χ4v) is 1.67. The molecular formula is C15H13FO3. The molecule has 98 valence electrons. The Bertz CT molecular complexity index is 567. The van der Waals surface area contributed by atoms with E-state index in [1.54, 1.807) is 0 Å². The van der Waals surface area contributed by atoms with Crippen molar-refractivity contribution in [1.82, 2.24) is 0 Å². The van der Waals surface area contributed by atoms with Gasteiger partial charge in [0.2, 0.25) is 0 Å². The van der Waals surface area contributed by atoms with Crippen molar-refractivity contribution in [1.29, 1.82) is 0 Å². The van der Waals surface area contributed by atoms with Gasteiger partial charge in [0.15, 0.2) is 23.6 Å². The first kappa shape index (κ1) is 13.1. The Labute approximate surface area is 110 Å². The van der Waals surface area contributed by atoms with E-state index in [0.717, 1.165) is 5.56 Å². The highest BCUT2D eigenvalue weighted by molar-refractivity contribution is 5.77. The third kappa shape index (κ3) is 2.91. The second-order valence-electron chi connectivity index (χ2n) is 3.89. The third-order valence-corrected chi connectivity index (χ3v) is 2.66. The quantitative estimate of drug-likeness (QED) is 0.774. The van der Waals surface area contributed by atoms with Gasteiger partial charge in [-0.05, 0) is 17.7 Å². The van der Waals surface area contributed by atoms with Crippen LogP contribution in [0.4, 0.5) is 4.39 Å². The van der Waals surface area contributed by atoms with Crippen LogP contribution in [0.15, 0.2) is 42.5 Å². The molecule has 0 fully saturated rings. The molecule has 0 aromatic heterocycles. The predicted molar refractivity (Wildman–Crippen MR) is 69.1 cm³/mol. The topological polar surface area (TPSA) is 35.5 Å². The van der Waals surface area contributed by atoms with Gasteiger partial charge in [-0.2, -0.15) is 0 Å². The molecule has 0 N–H and O–H groups in total. The van der Waals surface area contributed by atoms with Gasteiger partial charge in [0.1, 0.15) is 6.61 Å². The summed E-state index contributed by atoms with van der Waals surface area (Å²) < 4.78 is 24.4. The lowest BCUT2D eigenvalue weighted by Gasteiger charge is -2.12. The Morgan fingerprint density at radius 3 is 2.53 bits per heavy atom. The molecule has 0 atom stereocenters. The van der Waals surface area contributed by atoms with E-state index in [4.69, 9.17) is 9.47 Å². The van der Waals surface area contributed by atoms with E-state index >= 15 is 0 Å². The molecule has 0 spiro atoms. The van der Waals surface area contributed by atoms with Gasteiger partial charge in [-0.1, -0.05) is 30.3 Å². The predicted octanol–water partition coefficient (Wildman–Crippen LogP) is 3.23. The van der Waals surface area contributed by atoms with E-state index in [9.17, 15) is 9.18 Å². The molecule has 2 aromatic carbocycles. The Balaban J connectivity index is 2.25. The van der Waals surface area contributed by atoms with Crippen molar-refractivity contribution >= 4 is 6.29 Å². The highest BCUT2D eigenvalue weighted by Crippen LogP contribution is 2.32. The van der Waals surface area contributed by atoms with Gasteiger partial charge in [0.25, 0.3) is 0 Å². The Hall–Kier alpha value is -2.36. The lowest BCUT2D eigenvalue weighted by atomic mass is 10.2. The minimum absolute atomic E-state index is 0.0454. The maximum Gasteiger partial charge on any atom is 0.198 e. The summed E-state index contributed by atoms with van der Waals surface area (Å²) in [6.45, 7) is 0.205. The Morgan fingerprint density at radius 2 is 1.89 bits per heavy atom. The summed E-state index contributed by atoms with van der Waals surface area (Å²) in [7, 11) is 1.42. The van der Waals surface area contributed by atoms with E-state index in [1.807, 2.05) is 30.3 Å². The molecule has 0 radical (unpaired) electrons. The van der Waals surface area contributed by atoms with Crippen molar-refractivity contribution < 1.29 is 18.7 Å². The molecule has 0 amide bonds. The zero-order chi connectivity index (χ0) is 13.7. The van der Waals surface area contributed by atoms with E-state index in [0.29, 0.717) is 6.29 Å². The SMILES string of the molecule is COc1ccc(C=O)c(F)c1OCc1ccccc1. The van der Waals surface area contributed by atoms with Crippen LogP contribution in [0.3, 0.4) is 0 Å². The lowest BCUT2D eigenvalue weighted by Crippen LogP contribution is -2.02. The molecule has 0 bridgehead atoms. The minimum atomic E-state index is -0.703. The van der Waals surface area contributed by atoms with E-state index in [2.05, 4.69) is 0 Å². The molecule has 4 heteroatoms. The molecule has 3 nitrogen and oxygen atoms in total. The lowest BCUT2D eigenvalue weighted by molar-refractivity contribution is 0.111. The first-order valence-corrected chi connectivity index (χ1v) is 5.74. The zero-order valence-electron chi connectivity index (χ0n) is 10.4. The van der Waals surface area contributed by atoms with Crippen LogP contribution >= 0.6 is 0 Å². The number of benzene rings is 2. The molecule has 2 rings (SSSR count). The maximum atomic E-state index is 14.0. The van der Waals surface area contributed by atoms with Crippen LogP contribution in [0.1, 0.15) is 15.9 Å². The molecule has 19 heavy (non-hydrogen) atoms. The third-order valence-electron chi connectivity index (χ3n) is 2.66. The summed E-state index contributed by atoms with van der Waals surface area (Å²) in [6, 6.07) is 12.2. The van der Waals surface area contributed by atoms with Crippen LogP contribution in [0.2, 0.25) is 0 Å². The van der Waals surface area contributed by atoms with E-state index in [-0.39, 0.29) is 23.7 Å². The van der Waals surface area contributed by atoms with Crippen molar-refractivity contribution in [3.63, 3.8) is 0 Å². The van der Waals surface area contributed by atoms with Gasteiger partial charge >= 0.3 is 0 Å². The number of methoxy groups -OCH3 is 1. The van der Waals surface area contributed by atoms with Gasteiger partial charge in [-0.3, -0.25) is 4.79 Å². The Morgan fingerprint density at radius 1 is 1.16 bits per heavy atom. The smallest absolute Gasteiger partial charge is 0.198 e. The van der Waals surface area contributed by atoms with Crippen molar-refractivity contribution in [3.05, 3.63) is 59.4 Å². The van der Waals surface area contributed by atoms with Gasteiger partial charge in [-0.15, -0.1) is 0 Å². The number of carbonyl (C=O) groups excluding carboxylic acids is 1. The fraction of sp³-hybridized carbons (Fsp3) is 0.133. The molecule has 2 aromatic rings. The van der Waals surface area contributed by atoms with Gasteiger partial charge in [0.05, 0.1) is 12.7 Å². The van der Waals surface area contributed by atoms with Crippen molar-refractivity contribution in [3.8, 4) is 11.5 Å². The summed E-state index contributed by atoms with van der Waals surface area (Å²) in [5, 5.41) is 0. The van der Waals surface area contributed by atoms with Crippen LogP contribution in [0.25, 0.3) is 0 Å².